The molecule has 1 fully saturated rings. The third-order valence-electron chi connectivity index (χ3n) is 4.44. The van der Waals surface area contributed by atoms with E-state index >= 15 is 0 Å². The molecule has 7 heteroatoms. The first-order valence-electron chi connectivity index (χ1n) is 9.17. The van der Waals surface area contributed by atoms with Gasteiger partial charge in [0.2, 0.25) is 0 Å². The smallest absolute Gasteiger partial charge is 0.265 e. The van der Waals surface area contributed by atoms with Crippen LogP contribution >= 0.6 is 0 Å². The standard InChI is InChI=1S/C20H24N4O3/c1-14(2)19(27-18-8-4-3-6-15(18)10-21)20(25)23-16-11-22-24(12-16)13-17-7-5-9-26-17/h3-4,6,8,11-12,14,17,19H,5,7,9,13H2,1-2H3,(H,23,25). The second kappa shape index (κ2) is 8.69. The van der Waals surface area contributed by atoms with E-state index in [1.807, 2.05) is 13.8 Å². The Morgan fingerprint density at radius 2 is 2.30 bits per heavy atom. The molecule has 2 heterocycles. The number of anilines is 1. The van der Waals surface area contributed by atoms with Crippen LogP contribution in [-0.4, -0.2) is 34.5 Å². The summed E-state index contributed by atoms with van der Waals surface area (Å²) in [6.45, 7) is 5.28. The third kappa shape index (κ3) is 4.86. The van der Waals surface area contributed by atoms with Gasteiger partial charge in [-0.25, -0.2) is 0 Å². The van der Waals surface area contributed by atoms with Gasteiger partial charge in [0.25, 0.3) is 5.91 Å². The number of hydrogen-bond donors (Lipinski definition) is 1. The minimum Gasteiger partial charge on any atom is -0.479 e. The molecule has 2 atom stereocenters. The van der Waals surface area contributed by atoms with Crippen molar-refractivity contribution in [2.45, 2.75) is 45.4 Å². The summed E-state index contributed by atoms with van der Waals surface area (Å²) >= 11 is 0. The van der Waals surface area contributed by atoms with Crippen LogP contribution in [0.5, 0.6) is 5.75 Å². The van der Waals surface area contributed by atoms with E-state index in [9.17, 15) is 10.1 Å². The monoisotopic (exact) mass is 368 g/mol. The summed E-state index contributed by atoms with van der Waals surface area (Å²) in [6, 6.07) is 8.99. The van der Waals surface area contributed by atoms with Gasteiger partial charge in [-0.15, -0.1) is 0 Å². The summed E-state index contributed by atoms with van der Waals surface area (Å²) in [5.41, 5.74) is 1.01. The van der Waals surface area contributed by atoms with Crippen molar-refractivity contribution in [3.05, 3.63) is 42.2 Å². The van der Waals surface area contributed by atoms with E-state index in [1.165, 1.54) is 0 Å². The molecule has 0 spiro atoms. The number of para-hydroxylation sites is 1. The van der Waals surface area contributed by atoms with Gasteiger partial charge in [0.1, 0.15) is 11.8 Å². The van der Waals surface area contributed by atoms with Crippen molar-refractivity contribution in [2.24, 2.45) is 5.92 Å². The molecule has 7 nitrogen and oxygen atoms in total. The Bertz CT molecular complexity index is 819. The maximum atomic E-state index is 12.7. The molecule has 3 rings (SSSR count). The number of nitriles is 1. The van der Waals surface area contributed by atoms with E-state index in [0.717, 1.165) is 19.4 Å². The average molecular weight is 368 g/mol. The number of hydrogen-bond acceptors (Lipinski definition) is 5. The number of nitrogens with one attached hydrogen (secondary N) is 1. The van der Waals surface area contributed by atoms with Crippen LogP contribution in [0.1, 0.15) is 32.3 Å². The first kappa shape index (κ1) is 18.9. The van der Waals surface area contributed by atoms with E-state index < -0.39 is 6.10 Å². The summed E-state index contributed by atoms with van der Waals surface area (Å²) < 4.78 is 13.3. The van der Waals surface area contributed by atoms with Crippen molar-refractivity contribution >= 4 is 11.6 Å². The third-order valence-corrected chi connectivity index (χ3v) is 4.44. The number of ether oxygens (including phenoxy) is 2. The molecule has 1 saturated heterocycles. The van der Waals surface area contributed by atoms with Gasteiger partial charge < -0.3 is 14.8 Å². The molecule has 1 N–H and O–H groups in total. The van der Waals surface area contributed by atoms with E-state index in [0.29, 0.717) is 23.5 Å². The molecule has 27 heavy (non-hydrogen) atoms. The quantitative estimate of drug-likeness (QED) is 0.811. The van der Waals surface area contributed by atoms with Crippen LogP contribution in [0, 0.1) is 17.2 Å². The fourth-order valence-corrected chi connectivity index (χ4v) is 3.03. The van der Waals surface area contributed by atoms with E-state index in [2.05, 4.69) is 16.5 Å². The van der Waals surface area contributed by atoms with Gasteiger partial charge in [0.15, 0.2) is 6.10 Å². The summed E-state index contributed by atoms with van der Waals surface area (Å²) in [4.78, 5) is 12.7. The van der Waals surface area contributed by atoms with Crippen LogP contribution in [-0.2, 0) is 16.1 Å². The first-order chi connectivity index (χ1) is 13.1. The van der Waals surface area contributed by atoms with Crippen molar-refractivity contribution in [3.63, 3.8) is 0 Å². The molecule has 1 aromatic heterocycles. The van der Waals surface area contributed by atoms with Crippen molar-refractivity contribution in [2.75, 3.05) is 11.9 Å². The number of amides is 1. The molecular formula is C20H24N4O3. The van der Waals surface area contributed by atoms with Crippen LogP contribution in [0.25, 0.3) is 0 Å². The zero-order valence-electron chi connectivity index (χ0n) is 15.6. The molecule has 2 unspecified atom stereocenters. The summed E-state index contributed by atoms with van der Waals surface area (Å²) in [5.74, 6) is 0.0658. The van der Waals surface area contributed by atoms with Crippen LogP contribution in [0.15, 0.2) is 36.7 Å². The largest absolute Gasteiger partial charge is 0.479 e. The number of carbonyl (C=O) groups is 1. The molecule has 1 aliphatic heterocycles. The molecule has 0 aliphatic carbocycles. The highest BCUT2D eigenvalue weighted by atomic mass is 16.5. The molecule has 2 aromatic rings. The van der Waals surface area contributed by atoms with Crippen LogP contribution in [0.2, 0.25) is 0 Å². The Morgan fingerprint density at radius 1 is 1.48 bits per heavy atom. The average Bonchev–Trinajstić information content (AvgIpc) is 3.32. The van der Waals surface area contributed by atoms with Gasteiger partial charge in [-0.3, -0.25) is 9.48 Å². The number of nitrogens with zero attached hydrogens (tertiary/aromatic N) is 3. The van der Waals surface area contributed by atoms with E-state index in [4.69, 9.17) is 9.47 Å². The number of carbonyl (C=O) groups excluding carboxylic acids is 1. The lowest BCUT2D eigenvalue weighted by molar-refractivity contribution is -0.124. The maximum Gasteiger partial charge on any atom is 0.265 e. The molecule has 142 valence electrons. The Morgan fingerprint density at radius 3 is 3.00 bits per heavy atom. The highest BCUT2D eigenvalue weighted by Gasteiger charge is 2.26. The first-order valence-corrected chi connectivity index (χ1v) is 9.17. The number of rotatable bonds is 7. The highest BCUT2D eigenvalue weighted by molar-refractivity contribution is 5.94. The second-order valence-electron chi connectivity index (χ2n) is 6.97. The number of aromatic nitrogens is 2. The van der Waals surface area contributed by atoms with Gasteiger partial charge in [-0.1, -0.05) is 26.0 Å². The van der Waals surface area contributed by atoms with Gasteiger partial charge in [0.05, 0.1) is 30.1 Å². The minimum absolute atomic E-state index is 0.0707. The van der Waals surface area contributed by atoms with Gasteiger partial charge in [-0.05, 0) is 30.9 Å². The fraction of sp³-hybridized carbons (Fsp3) is 0.450. The van der Waals surface area contributed by atoms with Crippen LogP contribution < -0.4 is 10.1 Å². The molecule has 0 saturated carbocycles. The SMILES string of the molecule is CC(C)C(Oc1ccccc1C#N)C(=O)Nc1cnn(CC2CCCO2)c1. The van der Waals surface area contributed by atoms with Crippen LogP contribution in [0.3, 0.4) is 0 Å². The summed E-state index contributed by atoms with van der Waals surface area (Å²) in [5, 5.41) is 16.4. The fourth-order valence-electron chi connectivity index (χ4n) is 3.03. The topological polar surface area (TPSA) is 89.2 Å². The summed E-state index contributed by atoms with van der Waals surface area (Å²) in [7, 11) is 0. The predicted molar refractivity (Wildman–Crippen MR) is 100 cm³/mol. The lowest BCUT2D eigenvalue weighted by Crippen LogP contribution is -2.37. The Balaban J connectivity index is 1.65. The Hall–Kier alpha value is -2.85. The van der Waals surface area contributed by atoms with E-state index in [-0.39, 0.29) is 17.9 Å². The van der Waals surface area contributed by atoms with Gasteiger partial charge in [0, 0.05) is 12.8 Å². The Labute approximate surface area is 158 Å². The maximum absolute atomic E-state index is 12.7. The lowest BCUT2D eigenvalue weighted by atomic mass is 10.1. The molecule has 1 amide bonds. The molecule has 1 aromatic carbocycles. The highest BCUT2D eigenvalue weighted by Crippen LogP contribution is 2.22. The van der Waals surface area contributed by atoms with Gasteiger partial charge in [-0.2, -0.15) is 10.4 Å². The summed E-state index contributed by atoms with van der Waals surface area (Å²) in [6.07, 6.45) is 4.98. The Kier molecular flexibility index (Phi) is 6.09. The predicted octanol–water partition coefficient (Wildman–Crippen LogP) is 2.98. The zero-order chi connectivity index (χ0) is 19.2. The second-order valence-corrected chi connectivity index (χ2v) is 6.97. The van der Waals surface area contributed by atoms with E-state index in [1.54, 1.807) is 41.3 Å². The van der Waals surface area contributed by atoms with Crippen molar-refractivity contribution in [3.8, 4) is 11.8 Å². The zero-order valence-corrected chi connectivity index (χ0v) is 15.6. The molecule has 0 radical (unpaired) electrons. The van der Waals surface area contributed by atoms with Gasteiger partial charge >= 0.3 is 0 Å². The van der Waals surface area contributed by atoms with Crippen LogP contribution in [0.4, 0.5) is 5.69 Å². The van der Waals surface area contributed by atoms with Crippen molar-refractivity contribution < 1.29 is 14.3 Å². The molecular weight excluding hydrogens is 344 g/mol. The van der Waals surface area contributed by atoms with Crippen molar-refractivity contribution in [1.29, 1.82) is 5.26 Å². The molecule has 1 aliphatic rings. The number of benzene rings is 1. The lowest BCUT2D eigenvalue weighted by Gasteiger charge is -2.22. The van der Waals surface area contributed by atoms with Crippen molar-refractivity contribution in [1.82, 2.24) is 9.78 Å². The minimum atomic E-state index is -0.721. The normalized spacial score (nSPS) is 17.5. The molecule has 0 bridgehead atoms.